The number of likely N-dealkylation sites (tertiary alicyclic amines) is 1. The second-order valence-corrected chi connectivity index (χ2v) is 12.4. The molecule has 2 unspecified atom stereocenters. The lowest BCUT2D eigenvalue weighted by Crippen LogP contribution is -2.44. The number of ketones is 1. The molecule has 4 aliphatic rings. The molecule has 3 N–H and O–H groups in total. The molecule has 2 heterocycles. The van der Waals surface area contributed by atoms with E-state index in [4.69, 9.17) is 15.2 Å². The van der Waals surface area contributed by atoms with Crippen molar-refractivity contribution < 1.29 is 19.1 Å². The first kappa shape index (κ1) is 24.9. The molecule has 0 saturated carbocycles. The fraction of sp³-hybridized carbons (Fsp3) is 0.500. The summed E-state index contributed by atoms with van der Waals surface area (Å²) in [6.07, 6.45) is 7.03. The molecule has 5 rings (SSSR count). The van der Waals surface area contributed by atoms with Crippen LogP contribution in [-0.4, -0.2) is 47.6 Å². The highest BCUT2D eigenvalue weighted by atomic mass is 79.9. The lowest BCUT2D eigenvalue weighted by Gasteiger charge is -2.36. The molecule has 1 aromatic rings. The minimum atomic E-state index is -0.511. The highest BCUT2D eigenvalue weighted by molar-refractivity contribution is 9.10. The lowest BCUT2D eigenvalue weighted by molar-refractivity contribution is 0.0126. The predicted octanol–water partition coefficient (Wildman–Crippen LogP) is 4.96. The van der Waals surface area contributed by atoms with E-state index < -0.39 is 11.0 Å². The van der Waals surface area contributed by atoms with E-state index in [-0.39, 0.29) is 29.9 Å². The Hall–Kier alpha value is -2.74. The van der Waals surface area contributed by atoms with Crippen LogP contribution in [0.25, 0.3) is 0 Å². The molecular weight excluding hydrogens is 522 g/mol. The summed E-state index contributed by atoms with van der Waals surface area (Å²) in [7, 11) is 0. The third kappa shape index (κ3) is 4.33. The maximum Gasteiger partial charge on any atom is 0.410 e. The normalized spacial score (nSPS) is 25.0. The van der Waals surface area contributed by atoms with Gasteiger partial charge in [0, 0.05) is 59.8 Å². The minimum Gasteiger partial charge on any atom is -0.489 e. The average molecular weight is 557 g/mol. The summed E-state index contributed by atoms with van der Waals surface area (Å²) < 4.78 is 12.7. The number of nitrogens with zero attached hydrogens (tertiary/aromatic N) is 1. The zero-order valence-electron chi connectivity index (χ0n) is 21.5. The summed E-state index contributed by atoms with van der Waals surface area (Å²) >= 11 is 3.65. The molecule has 2 aliphatic carbocycles. The van der Waals surface area contributed by atoms with Gasteiger partial charge in [0.2, 0.25) is 0 Å². The molecule has 8 heteroatoms. The van der Waals surface area contributed by atoms with E-state index in [2.05, 4.69) is 35.1 Å². The van der Waals surface area contributed by atoms with E-state index in [9.17, 15) is 9.59 Å². The van der Waals surface area contributed by atoms with Gasteiger partial charge in [0.1, 0.15) is 17.5 Å². The van der Waals surface area contributed by atoms with E-state index >= 15 is 0 Å². The van der Waals surface area contributed by atoms with E-state index in [1.165, 1.54) is 0 Å². The summed E-state index contributed by atoms with van der Waals surface area (Å²) in [5, 5.41) is 3.58. The molecular formula is C28H34BrN3O4. The Morgan fingerprint density at radius 2 is 1.92 bits per heavy atom. The van der Waals surface area contributed by atoms with Gasteiger partial charge in [0.05, 0.1) is 10.5 Å². The number of Topliss-reactive ketones (excluding diaryl/α,β-unsaturated/α-hetero) is 1. The second kappa shape index (κ2) is 8.68. The number of benzene rings is 1. The van der Waals surface area contributed by atoms with Crippen molar-refractivity contribution in [3.05, 3.63) is 62.9 Å². The van der Waals surface area contributed by atoms with Gasteiger partial charge in [-0.3, -0.25) is 4.79 Å². The van der Waals surface area contributed by atoms with E-state index in [0.29, 0.717) is 42.9 Å². The van der Waals surface area contributed by atoms with Gasteiger partial charge in [-0.15, -0.1) is 0 Å². The Kier molecular flexibility index (Phi) is 6.01. The lowest BCUT2D eigenvalue weighted by atomic mass is 9.70. The molecule has 0 bridgehead atoms. The van der Waals surface area contributed by atoms with Gasteiger partial charge in [0.25, 0.3) is 0 Å². The SMILES string of the molecule is CC(C)(C)OC(=O)N1CCC(Oc2cc3c(cc2Br)C(=O)C2=C(NC4C=C(N)C=CC24)C3(C)C)CC1. The smallest absolute Gasteiger partial charge is 0.410 e. The number of nitrogens with two attached hydrogens (primary N) is 1. The van der Waals surface area contributed by atoms with Gasteiger partial charge >= 0.3 is 6.09 Å². The fourth-order valence-electron chi connectivity index (χ4n) is 5.59. The van der Waals surface area contributed by atoms with Gasteiger partial charge in [-0.1, -0.05) is 19.9 Å². The number of amides is 1. The van der Waals surface area contributed by atoms with Gasteiger partial charge in [-0.2, -0.15) is 0 Å². The third-order valence-corrected chi connectivity index (χ3v) is 8.04. The van der Waals surface area contributed by atoms with Crippen molar-refractivity contribution in [3.8, 4) is 5.75 Å². The molecule has 1 aromatic carbocycles. The summed E-state index contributed by atoms with van der Waals surface area (Å²) in [5.74, 6) is 0.752. The van der Waals surface area contributed by atoms with E-state index in [1.807, 2.05) is 51.1 Å². The predicted molar refractivity (Wildman–Crippen MR) is 142 cm³/mol. The van der Waals surface area contributed by atoms with Crippen LogP contribution in [0.2, 0.25) is 0 Å². The first-order chi connectivity index (χ1) is 16.8. The largest absolute Gasteiger partial charge is 0.489 e. The summed E-state index contributed by atoms with van der Waals surface area (Å²) in [4.78, 5) is 27.8. The maximum atomic E-state index is 13.7. The summed E-state index contributed by atoms with van der Waals surface area (Å²) in [6.45, 7) is 11.1. The van der Waals surface area contributed by atoms with Crippen molar-refractivity contribution in [1.29, 1.82) is 0 Å². The van der Waals surface area contributed by atoms with Crippen molar-refractivity contribution in [3.63, 3.8) is 0 Å². The van der Waals surface area contributed by atoms with E-state index in [0.717, 1.165) is 21.3 Å². The number of carbonyl (C=O) groups excluding carboxylic acids is 2. The molecule has 1 saturated heterocycles. The Labute approximate surface area is 220 Å². The number of piperidine rings is 1. The minimum absolute atomic E-state index is 0.00754. The molecule has 2 atom stereocenters. The van der Waals surface area contributed by atoms with Crippen molar-refractivity contribution >= 4 is 27.8 Å². The Morgan fingerprint density at radius 3 is 2.58 bits per heavy atom. The van der Waals surface area contributed by atoms with Crippen LogP contribution in [-0.2, 0) is 10.2 Å². The van der Waals surface area contributed by atoms with Crippen LogP contribution in [0.5, 0.6) is 5.75 Å². The maximum absolute atomic E-state index is 13.7. The topological polar surface area (TPSA) is 93.9 Å². The summed E-state index contributed by atoms with van der Waals surface area (Å²) in [5.41, 5.74) is 9.27. The molecule has 192 valence electrons. The van der Waals surface area contributed by atoms with Crippen LogP contribution in [0.1, 0.15) is 63.4 Å². The molecule has 2 aliphatic heterocycles. The first-order valence-electron chi connectivity index (χ1n) is 12.5. The number of hydrogen-bond acceptors (Lipinski definition) is 6. The van der Waals surface area contributed by atoms with Crippen molar-refractivity contribution in [2.75, 3.05) is 13.1 Å². The molecule has 1 amide bonds. The molecule has 1 fully saturated rings. The number of ether oxygens (including phenoxy) is 2. The highest BCUT2D eigenvalue weighted by Gasteiger charge is 2.48. The van der Waals surface area contributed by atoms with Crippen molar-refractivity contribution in [1.82, 2.24) is 10.2 Å². The number of rotatable bonds is 2. The van der Waals surface area contributed by atoms with Gasteiger partial charge < -0.3 is 25.4 Å². The van der Waals surface area contributed by atoms with Crippen LogP contribution >= 0.6 is 15.9 Å². The van der Waals surface area contributed by atoms with Crippen LogP contribution in [0, 0.1) is 5.92 Å². The molecule has 0 radical (unpaired) electrons. The Balaban J connectivity index is 1.35. The Bertz CT molecular complexity index is 1220. The van der Waals surface area contributed by atoms with E-state index in [1.54, 1.807) is 4.90 Å². The fourth-order valence-corrected chi connectivity index (χ4v) is 6.03. The van der Waals surface area contributed by atoms with Crippen LogP contribution < -0.4 is 15.8 Å². The number of hydrogen-bond donors (Lipinski definition) is 2. The Morgan fingerprint density at radius 1 is 1.22 bits per heavy atom. The van der Waals surface area contributed by atoms with Crippen LogP contribution in [0.3, 0.4) is 0 Å². The second-order valence-electron chi connectivity index (χ2n) is 11.6. The highest BCUT2D eigenvalue weighted by Crippen LogP contribution is 2.49. The zero-order valence-corrected chi connectivity index (χ0v) is 23.1. The monoisotopic (exact) mass is 555 g/mol. The number of nitrogens with one attached hydrogen (secondary N) is 1. The summed E-state index contributed by atoms with van der Waals surface area (Å²) in [6, 6.07) is 3.90. The first-order valence-corrected chi connectivity index (χ1v) is 13.3. The zero-order chi connectivity index (χ0) is 26.0. The van der Waals surface area contributed by atoms with Gasteiger partial charge in [-0.05, 0) is 66.5 Å². The van der Waals surface area contributed by atoms with Gasteiger partial charge in [0.15, 0.2) is 5.78 Å². The molecule has 0 aromatic heterocycles. The van der Waals surface area contributed by atoms with Crippen molar-refractivity contribution in [2.24, 2.45) is 11.7 Å². The number of halogens is 1. The molecule has 36 heavy (non-hydrogen) atoms. The molecule has 0 spiro atoms. The third-order valence-electron chi connectivity index (χ3n) is 7.42. The number of fused-ring (bicyclic) bond motifs is 3. The van der Waals surface area contributed by atoms with Crippen LogP contribution in [0.4, 0.5) is 4.79 Å². The van der Waals surface area contributed by atoms with Crippen molar-refractivity contribution in [2.45, 2.75) is 70.6 Å². The average Bonchev–Trinajstić information content (AvgIpc) is 3.18. The number of carbonyl (C=O) groups is 2. The van der Waals surface area contributed by atoms with Gasteiger partial charge in [-0.25, -0.2) is 4.79 Å². The van der Waals surface area contributed by atoms with Crippen LogP contribution in [0.15, 0.2) is 51.8 Å². The standard InChI is InChI=1S/C28H34BrN3O4/c1-27(2,3)36-26(34)32-10-8-16(9-11-32)35-22-14-19-18(13-20(22)29)24(33)23-17-7-6-15(30)12-21(17)31-25(23)28(19,4)5/h6-7,12-14,16-17,21,31H,8-11,30H2,1-5H3. The quantitative estimate of drug-likeness (QED) is 0.535. The molecule has 7 nitrogen and oxygen atoms in total. The number of allylic oxidation sites excluding steroid dienone is 2.